The summed E-state index contributed by atoms with van der Waals surface area (Å²) in [6, 6.07) is 7.05. The molecule has 0 saturated heterocycles. The van der Waals surface area contributed by atoms with Crippen molar-refractivity contribution in [2.24, 2.45) is 0 Å². The number of amides is 1. The van der Waals surface area contributed by atoms with Crippen molar-refractivity contribution < 1.29 is 23.4 Å². The second-order valence-corrected chi connectivity index (χ2v) is 5.61. The molecule has 2 N–H and O–H groups in total. The van der Waals surface area contributed by atoms with Gasteiger partial charge in [-0.25, -0.2) is 4.39 Å². The molecule has 124 valence electrons. The van der Waals surface area contributed by atoms with Gasteiger partial charge in [-0.1, -0.05) is 11.6 Å². The third-order valence-corrected chi connectivity index (χ3v) is 3.46. The molecular weight excluding hydrogens is 325 g/mol. The fourth-order valence-electron chi connectivity index (χ4n) is 1.88. The van der Waals surface area contributed by atoms with Crippen LogP contribution in [-0.4, -0.2) is 24.2 Å². The van der Waals surface area contributed by atoms with Gasteiger partial charge in [0.2, 0.25) is 5.91 Å². The minimum Gasteiger partial charge on any atom is -0.491 e. The maximum atomic E-state index is 12.9. The molecule has 0 unspecified atom stereocenters. The van der Waals surface area contributed by atoms with E-state index in [2.05, 4.69) is 5.32 Å². The highest BCUT2D eigenvalue weighted by Gasteiger charge is 2.26. The highest BCUT2D eigenvalue weighted by molar-refractivity contribution is 6.32. The van der Waals surface area contributed by atoms with Gasteiger partial charge in [-0.2, -0.15) is 0 Å². The summed E-state index contributed by atoms with van der Waals surface area (Å²) in [6.07, 6.45) is 1.52. The first-order chi connectivity index (χ1) is 10.9. The molecule has 0 aliphatic carbocycles. The predicted molar refractivity (Wildman–Crippen MR) is 82.8 cm³/mol. The van der Waals surface area contributed by atoms with Gasteiger partial charge >= 0.3 is 0 Å². The smallest absolute Gasteiger partial charge is 0.223 e. The lowest BCUT2D eigenvalue weighted by molar-refractivity contribution is -0.122. The molecule has 0 radical (unpaired) electrons. The standard InChI is InChI=1S/C16H17ClFNO4/c1-16(21,14-3-2-7-23-14)10-19-15(20)6-8-22-13-5-4-11(18)9-12(13)17/h2-5,7,9,21H,6,8,10H2,1H3,(H,19,20)/t16-/m0/s1. The van der Waals surface area contributed by atoms with Crippen LogP contribution in [0.1, 0.15) is 19.1 Å². The number of halogens is 2. The summed E-state index contributed by atoms with van der Waals surface area (Å²) in [5, 5.41) is 12.9. The van der Waals surface area contributed by atoms with Gasteiger partial charge in [0.05, 0.1) is 30.9 Å². The predicted octanol–water partition coefficient (Wildman–Crippen LogP) is 2.86. The third kappa shape index (κ3) is 4.97. The average Bonchev–Trinajstić information content (AvgIpc) is 3.03. The molecule has 2 rings (SSSR count). The number of nitrogens with one attached hydrogen (secondary N) is 1. The highest BCUT2D eigenvalue weighted by Crippen LogP contribution is 2.25. The molecule has 0 aliphatic rings. The molecule has 0 bridgehead atoms. The van der Waals surface area contributed by atoms with Gasteiger partial charge in [0.1, 0.15) is 22.9 Å². The number of carbonyl (C=O) groups excluding carboxylic acids is 1. The molecule has 1 atom stereocenters. The number of hydrogen-bond donors (Lipinski definition) is 2. The Labute approximate surface area is 138 Å². The molecule has 1 aromatic carbocycles. The summed E-state index contributed by atoms with van der Waals surface area (Å²) in [7, 11) is 0. The second-order valence-electron chi connectivity index (χ2n) is 5.20. The van der Waals surface area contributed by atoms with Gasteiger partial charge in [0.25, 0.3) is 0 Å². The van der Waals surface area contributed by atoms with Crippen molar-refractivity contribution in [1.82, 2.24) is 5.32 Å². The maximum Gasteiger partial charge on any atom is 0.223 e. The van der Waals surface area contributed by atoms with Crippen LogP contribution < -0.4 is 10.1 Å². The number of hydrogen-bond acceptors (Lipinski definition) is 4. The van der Waals surface area contributed by atoms with Crippen LogP contribution in [0, 0.1) is 5.82 Å². The van der Waals surface area contributed by atoms with E-state index in [1.165, 1.54) is 18.4 Å². The second kappa shape index (κ2) is 7.48. The number of carbonyl (C=O) groups is 1. The Morgan fingerprint density at radius 2 is 2.26 bits per heavy atom. The summed E-state index contributed by atoms with van der Waals surface area (Å²) < 4.78 is 23.3. The van der Waals surface area contributed by atoms with E-state index in [9.17, 15) is 14.3 Å². The number of benzene rings is 1. The number of furan rings is 1. The zero-order valence-electron chi connectivity index (χ0n) is 12.5. The van der Waals surface area contributed by atoms with E-state index < -0.39 is 11.4 Å². The van der Waals surface area contributed by atoms with Gasteiger partial charge in [0.15, 0.2) is 0 Å². The van der Waals surface area contributed by atoms with Crippen molar-refractivity contribution in [3.63, 3.8) is 0 Å². The van der Waals surface area contributed by atoms with Gasteiger partial charge in [-0.3, -0.25) is 4.79 Å². The Morgan fingerprint density at radius 1 is 1.48 bits per heavy atom. The van der Waals surface area contributed by atoms with E-state index in [-0.39, 0.29) is 30.5 Å². The molecule has 0 fully saturated rings. The van der Waals surface area contributed by atoms with Crippen LogP contribution in [-0.2, 0) is 10.4 Å². The van der Waals surface area contributed by atoms with Crippen LogP contribution in [0.4, 0.5) is 4.39 Å². The van der Waals surface area contributed by atoms with Gasteiger partial charge in [0, 0.05) is 0 Å². The largest absolute Gasteiger partial charge is 0.491 e. The normalized spacial score (nSPS) is 13.4. The molecule has 2 aromatic rings. The summed E-state index contributed by atoms with van der Waals surface area (Å²) in [5.41, 5.74) is -1.29. The average molecular weight is 342 g/mol. The first-order valence-electron chi connectivity index (χ1n) is 6.99. The van der Waals surface area contributed by atoms with Crippen molar-refractivity contribution in [2.45, 2.75) is 18.9 Å². The molecule has 0 saturated carbocycles. The molecule has 0 aliphatic heterocycles. The zero-order valence-corrected chi connectivity index (χ0v) is 13.3. The molecule has 1 aromatic heterocycles. The summed E-state index contributed by atoms with van der Waals surface area (Å²) in [5.74, 6) is -0.0779. The molecule has 7 heteroatoms. The van der Waals surface area contributed by atoms with Crippen LogP contribution in [0.5, 0.6) is 5.75 Å². The van der Waals surface area contributed by atoms with Crippen molar-refractivity contribution in [3.8, 4) is 5.75 Å². The van der Waals surface area contributed by atoms with Crippen molar-refractivity contribution in [1.29, 1.82) is 0 Å². The van der Waals surface area contributed by atoms with Gasteiger partial charge < -0.3 is 19.6 Å². The van der Waals surface area contributed by atoms with Crippen molar-refractivity contribution in [2.75, 3.05) is 13.2 Å². The molecule has 1 amide bonds. The van der Waals surface area contributed by atoms with Gasteiger partial charge in [-0.15, -0.1) is 0 Å². The molecule has 0 spiro atoms. The quantitative estimate of drug-likeness (QED) is 0.812. The number of aliphatic hydroxyl groups is 1. The minimum atomic E-state index is -1.29. The lowest BCUT2D eigenvalue weighted by Crippen LogP contribution is -2.38. The molecule has 23 heavy (non-hydrogen) atoms. The Bertz CT molecular complexity index is 658. The van der Waals surface area contributed by atoms with Crippen LogP contribution in [0.2, 0.25) is 5.02 Å². The topological polar surface area (TPSA) is 71.7 Å². The summed E-state index contributed by atoms with van der Waals surface area (Å²) >= 11 is 5.81. The van der Waals surface area contributed by atoms with E-state index in [1.807, 2.05) is 0 Å². The van der Waals surface area contributed by atoms with E-state index in [1.54, 1.807) is 19.1 Å². The highest BCUT2D eigenvalue weighted by atomic mass is 35.5. The van der Waals surface area contributed by atoms with E-state index >= 15 is 0 Å². The Morgan fingerprint density at radius 3 is 2.91 bits per heavy atom. The fraction of sp³-hybridized carbons (Fsp3) is 0.312. The first-order valence-corrected chi connectivity index (χ1v) is 7.37. The first kappa shape index (κ1) is 17.3. The van der Waals surface area contributed by atoms with E-state index in [4.69, 9.17) is 20.8 Å². The third-order valence-electron chi connectivity index (χ3n) is 3.16. The Hall–Kier alpha value is -2.05. The minimum absolute atomic E-state index is 0.0106. The molecular formula is C16H17ClFNO4. The van der Waals surface area contributed by atoms with E-state index in [0.717, 1.165) is 6.07 Å². The van der Waals surface area contributed by atoms with Crippen molar-refractivity contribution >= 4 is 17.5 Å². The molecule has 1 heterocycles. The van der Waals surface area contributed by atoms with Crippen LogP contribution >= 0.6 is 11.6 Å². The van der Waals surface area contributed by atoms with Crippen molar-refractivity contribution in [3.05, 3.63) is 53.2 Å². The summed E-state index contributed by atoms with van der Waals surface area (Å²) in [4.78, 5) is 11.8. The van der Waals surface area contributed by atoms with Crippen LogP contribution in [0.25, 0.3) is 0 Å². The van der Waals surface area contributed by atoms with E-state index in [0.29, 0.717) is 11.5 Å². The lowest BCUT2D eigenvalue weighted by atomic mass is 10.0. The fourth-order valence-corrected chi connectivity index (χ4v) is 2.10. The Kier molecular flexibility index (Phi) is 5.63. The Balaban J connectivity index is 1.75. The lowest BCUT2D eigenvalue weighted by Gasteiger charge is -2.21. The number of rotatable bonds is 7. The molecule has 5 nitrogen and oxygen atoms in total. The SMILES string of the molecule is C[C@](O)(CNC(=O)CCOc1ccc(F)cc1Cl)c1ccco1. The number of ether oxygens (including phenoxy) is 1. The summed E-state index contributed by atoms with van der Waals surface area (Å²) in [6.45, 7) is 1.64. The van der Waals surface area contributed by atoms with Crippen LogP contribution in [0.3, 0.4) is 0 Å². The van der Waals surface area contributed by atoms with Crippen LogP contribution in [0.15, 0.2) is 41.0 Å². The van der Waals surface area contributed by atoms with Gasteiger partial charge in [-0.05, 0) is 37.3 Å². The monoisotopic (exact) mass is 341 g/mol. The maximum absolute atomic E-state index is 12.9. The zero-order chi connectivity index (χ0) is 16.9.